The molecule has 1 aliphatic rings. The highest BCUT2D eigenvalue weighted by Gasteiger charge is 2.37. The highest BCUT2D eigenvalue weighted by atomic mass is 32.2. The van der Waals surface area contributed by atoms with Crippen LogP contribution in [0.3, 0.4) is 0 Å². The van der Waals surface area contributed by atoms with Gasteiger partial charge in [-0.2, -0.15) is 9.82 Å². The number of nitrogens with one attached hydrogen (secondary N) is 1. The first kappa shape index (κ1) is 18.4. The van der Waals surface area contributed by atoms with Gasteiger partial charge in [0.1, 0.15) is 10.9 Å². The molecule has 1 unspecified atom stereocenters. The molecule has 1 aromatic heterocycles. The summed E-state index contributed by atoms with van der Waals surface area (Å²) in [6.45, 7) is 4.93. The first-order valence-electron chi connectivity index (χ1n) is 7.62. The summed E-state index contributed by atoms with van der Waals surface area (Å²) in [5.41, 5.74) is 0.802. The molecule has 0 saturated carbocycles. The van der Waals surface area contributed by atoms with Gasteiger partial charge >= 0.3 is 5.97 Å². The zero-order valence-electron chi connectivity index (χ0n) is 14.1. The van der Waals surface area contributed by atoms with Crippen LogP contribution in [0.1, 0.15) is 31.2 Å². The molecule has 2 N–H and O–H groups in total. The second-order valence-corrected chi connectivity index (χ2v) is 7.65. The van der Waals surface area contributed by atoms with Gasteiger partial charge in [-0.1, -0.05) is 0 Å². The molecule has 2 rings (SSSR count). The molecule has 134 valence electrons. The molecule has 1 fully saturated rings. The van der Waals surface area contributed by atoms with Gasteiger partial charge in [0.25, 0.3) is 0 Å². The van der Waals surface area contributed by atoms with Gasteiger partial charge in [0.15, 0.2) is 0 Å². The van der Waals surface area contributed by atoms with E-state index in [1.54, 1.807) is 20.9 Å². The number of carboxylic acid groups (broad SMARTS) is 1. The van der Waals surface area contributed by atoms with Crippen molar-refractivity contribution in [3.05, 3.63) is 11.4 Å². The number of nitrogens with zero attached hydrogens (tertiary/aromatic N) is 3. The van der Waals surface area contributed by atoms with E-state index in [0.717, 1.165) is 0 Å². The monoisotopic (exact) mass is 358 g/mol. The van der Waals surface area contributed by atoms with Crippen molar-refractivity contribution in [1.29, 1.82) is 0 Å². The normalized spacial score (nSPS) is 19.5. The van der Waals surface area contributed by atoms with E-state index in [-0.39, 0.29) is 4.90 Å². The standard InChI is InChI=1S/C14H22N4O5S/c1-8-12(10(3)17(4)15-8)24(22,23)16-9(2)13(19)18-7-5-6-11(18)14(20)21/h9,11,16H,5-7H2,1-4H3,(H,20,21)/t9?,11-/m0/s1. The van der Waals surface area contributed by atoms with E-state index < -0.39 is 34.0 Å². The van der Waals surface area contributed by atoms with Crippen molar-refractivity contribution in [3.63, 3.8) is 0 Å². The summed E-state index contributed by atoms with van der Waals surface area (Å²) in [5, 5.41) is 13.2. The third-order valence-electron chi connectivity index (χ3n) is 4.23. The van der Waals surface area contributed by atoms with Gasteiger partial charge < -0.3 is 10.0 Å². The molecular formula is C14H22N4O5S. The highest BCUT2D eigenvalue weighted by molar-refractivity contribution is 7.89. The van der Waals surface area contributed by atoms with Crippen molar-refractivity contribution in [3.8, 4) is 0 Å². The predicted octanol–water partition coefficient (Wildman–Crippen LogP) is -0.221. The molecule has 2 atom stereocenters. The van der Waals surface area contributed by atoms with Crippen LogP contribution in [0.15, 0.2) is 4.90 Å². The number of hydrogen-bond donors (Lipinski definition) is 2. The summed E-state index contributed by atoms with van der Waals surface area (Å²) in [6.07, 6.45) is 0.963. The molecule has 0 bridgehead atoms. The van der Waals surface area contributed by atoms with E-state index in [4.69, 9.17) is 5.11 Å². The van der Waals surface area contributed by atoms with Gasteiger partial charge in [-0.05, 0) is 33.6 Å². The number of aromatic nitrogens is 2. The van der Waals surface area contributed by atoms with Crippen LogP contribution in [0.5, 0.6) is 0 Å². The Morgan fingerprint density at radius 2 is 2.00 bits per heavy atom. The number of carbonyl (C=O) groups is 2. The van der Waals surface area contributed by atoms with Crippen LogP contribution in [0, 0.1) is 13.8 Å². The number of sulfonamides is 1. The van der Waals surface area contributed by atoms with Crippen molar-refractivity contribution in [2.45, 2.75) is 50.6 Å². The molecule has 0 radical (unpaired) electrons. The molecule has 2 heterocycles. The van der Waals surface area contributed by atoms with Crippen LogP contribution in [-0.2, 0) is 26.7 Å². The van der Waals surface area contributed by atoms with Crippen LogP contribution in [0.25, 0.3) is 0 Å². The lowest BCUT2D eigenvalue weighted by atomic mass is 10.2. The second-order valence-electron chi connectivity index (χ2n) is 5.99. The second kappa shape index (κ2) is 6.52. The van der Waals surface area contributed by atoms with Crippen LogP contribution < -0.4 is 4.72 Å². The number of amides is 1. The Balaban J connectivity index is 2.20. The van der Waals surface area contributed by atoms with E-state index in [0.29, 0.717) is 30.8 Å². The SMILES string of the molecule is Cc1nn(C)c(C)c1S(=O)(=O)NC(C)C(=O)N1CCC[C@H]1C(=O)O. The highest BCUT2D eigenvalue weighted by Crippen LogP contribution is 2.21. The number of aryl methyl sites for hydroxylation is 2. The van der Waals surface area contributed by atoms with Crippen LogP contribution in [0.2, 0.25) is 0 Å². The molecule has 10 heteroatoms. The number of likely N-dealkylation sites (tertiary alicyclic amines) is 1. The summed E-state index contributed by atoms with van der Waals surface area (Å²) >= 11 is 0. The topological polar surface area (TPSA) is 122 Å². The summed E-state index contributed by atoms with van der Waals surface area (Å²) < 4.78 is 29.0. The maximum atomic E-state index is 12.6. The fraction of sp³-hybridized carbons (Fsp3) is 0.643. The lowest BCUT2D eigenvalue weighted by Gasteiger charge is -2.25. The molecule has 1 amide bonds. The van der Waals surface area contributed by atoms with Crippen LogP contribution in [0.4, 0.5) is 0 Å². The Bertz CT molecular complexity index is 770. The lowest BCUT2D eigenvalue weighted by Crippen LogP contribution is -2.50. The zero-order chi connectivity index (χ0) is 18.2. The maximum Gasteiger partial charge on any atom is 0.326 e. The van der Waals surface area contributed by atoms with Crippen LogP contribution >= 0.6 is 0 Å². The molecule has 9 nitrogen and oxygen atoms in total. The van der Waals surface area contributed by atoms with Gasteiger partial charge in [0.05, 0.1) is 17.4 Å². The molecule has 0 aromatic carbocycles. The fourth-order valence-corrected chi connectivity index (χ4v) is 4.66. The number of hydrogen-bond acceptors (Lipinski definition) is 5. The smallest absolute Gasteiger partial charge is 0.326 e. The Hall–Kier alpha value is -1.94. The van der Waals surface area contributed by atoms with E-state index in [2.05, 4.69) is 9.82 Å². The molecule has 24 heavy (non-hydrogen) atoms. The van der Waals surface area contributed by atoms with E-state index in [9.17, 15) is 18.0 Å². The van der Waals surface area contributed by atoms with Gasteiger partial charge in [0.2, 0.25) is 15.9 Å². The van der Waals surface area contributed by atoms with E-state index >= 15 is 0 Å². The van der Waals surface area contributed by atoms with Crippen molar-refractivity contribution < 1.29 is 23.1 Å². The Morgan fingerprint density at radius 1 is 1.38 bits per heavy atom. The van der Waals surface area contributed by atoms with Gasteiger partial charge in [-0.15, -0.1) is 0 Å². The molecule has 0 aliphatic carbocycles. The summed E-state index contributed by atoms with van der Waals surface area (Å²) in [6, 6.07) is -1.96. The largest absolute Gasteiger partial charge is 0.480 e. The van der Waals surface area contributed by atoms with E-state index in [1.165, 1.54) is 16.5 Å². The third-order valence-corrected chi connectivity index (χ3v) is 6.03. The zero-order valence-corrected chi connectivity index (χ0v) is 14.9. The summed E-state index contributed by atoms with van der Waals surface area (Å²) in [7, 11) is -2.30. The minimum Gasteiger partial charge on any atom is -0.480 e. The van der Waals surface area contributed by atoms with Crippen molar-refractivity contribution in [2.24, 2.45) is 7.05 Å². The molecule has 1 saturated heterocycles. The Kier molecular flexibility index (Phi) is 5.00. The van der Waals surface area contributed by atoms with Crippen molar-refractivity contribution in [2.75, 3.05) is 6.54 Å². The minimum absolute atomic E-state index is 0.0425. The average Bonchev–Trinajstić information content (AvgIpc) is 3.03. The van der Waals surface area contributed by atoms with Gasteiger partial charge in [-0.25, -0.2) is 13.2 Å². The number of aliphatic carboxylic acids is 1. The van der Waals surface area contributed by atoms with Gasteiger partial charge in [0, 0.05) is 13.6 Å². The first-order chi connectivity index (χ1) is 11.1. The predicted molar refractivity (Wildman–Crippen MR) is 84.8 cm³/mol. The van der Waals surface area contributed by atoms with Crippen molar-refractivity contribution >= 4 is 21.9 Å². The summed E-state index contributed by atoms with van der Waals surface area (Å²) in [5.74, 6) is -1.61. The number of carboxylic acids is 1. The molecular weight excluding hydrogens is 336 g/mol. The molecule has 1 aromatic rings. The summed E-state index contributed by atoms with van der Waals surface area (Å²) in [4.78, 5) is 24.9. The molecule has 0 spiro atoms. The Morgan fingerprint density at radius 3 is 2.50 bits per heavy atom. The molecule has 1 aliphatic heterocycles. The fourth-order valence-electron chi connectivity index (χ4n) is 3.02. The number of rotatable bonds is 5. The minimum atomic E-state index is -3.94. The number of carbonyl (C=O) groups excluding carboxylic acids is 1. The average molecular weight is 358 g/mol. The van der Waals surface area contributed by atoms with Crippen molar-refractivity contribution in [1.82, 2.24) is 19.4 Å². The maximum absolute atomic E-state index is 12.6. The first-order valence-corrected chi connectivity index (χ1v) is 9.10. The van der Waals surface area contributed by atoms with E-state index in [1.807, 2.05) is 0 Å². The van der Waals surface area contributed by atoms with Crippen LogP contribution in [-0.4, -0.2) is 58.7 Å². The van der Waals surface area contributed by atoms with Gasteiger partial charge in [-0.3, -0.25) is 9.48 Å². The third kappa shape index (κ3) is 3.29. The lowest BCUT2D eigenvalue weighted by molar-refractivity contribution is -0.148. The Labute approximate surface area is 140 Å². The quantitative estimate of drug-likeness (QED) is 0.750.